The van der Waals surface area contributed by atoms with Gasteiger partial charge in [0.15, 0.2) is 5.76 Å². The molecule has 0 spiro atoms. The fourth-order valence-electron chi connectivity index (χ4n) is 2.25. The molecule has 0 aromatic heterocycles. The first-order valence-corrected chi connectivity index (χ1v) is 5.88. The lowest BCUT2D eigenvalue weighted by molar-refractivity contribution is 0.152. The average Bonchev–Trinajstić information content (AvgIpc) is 2.49. The zero-order valence-electron chi connectivity index (χ0n) is 9.48. The van der Waals surface area contributed by atoms with Gasteiger partial charge in [0.05, 0.1) is 13.2 Å². The van der Waals surface area contributed by atoms with E-state index in [0.717, 1.165) is 31.2 Å². The third-order valence-electron chi connectivity index (χ3n) is 3.21. The van der Waals surface area contributed by atoms with Crippen molar-refractivity contribution in [1.82, 2.24) is 0 Å². The van der Waals surface area contributed by atoms with Crippen molar-refractivity contribution in [2.75, 3.05) is 13.2 Å². The van der Waals surface area contributed by atoms with E-state index in [1.165, 1.54) is 5.57 Å². The molecule has 0 bridgehead atoms. The van der Waals surface area contributed by atoms with E-state index in [0.29, 0.717) is 11.8 Å². The summed E-state index contributed by atoms with van der Waals surface area (Å²) < 4.78 is 11.6. The number of ether oxygens (including phenoxy) is 2. The molecule has 3 aliphatic rings. The molecule has 16 heavy (non-hydrogen) atoms. The van der Waals surface area contributed by atoms with Crippen LogP contribution < -0.4 is 0 Å². The van der Waals surface area contributed by atoms with Gasteiger partial charge in [-0.15, -0.1) is 0 Å². The van der Waals surface area contributed by atoms with Gasteiger partial charge >= 0.3 is 0 Å². The number of hydrogen-bond acceptors (Lipinski definition) is 2. The molecule has 1 aliphatic heterocycles. The lowest BCUT2D eigenvalue weighted by Crippen LogP contribution is -2.12. The van der Waals surface area contributed by atoms with Crippen LogP contribution in [0.25, 0.3) is 0 Å². The Hall–Kier alpha value is -1.44. The molecule has 0 aromatic rings. The van der Waals surface area contributed by atoms with Crippen molar-refractivity contribution >= 4 is 0 Å². The Morgan fingerprint density at radius 3 is 3.00 bits per heavy atom. The van der Waals surface area contributed by atoms with Gasteiger partial charge in [-0.3, -0.25) is 0 Å². The van der Waals surface area contributed by atoms with Gasteiger partial charge in [0.25, 0.3) is 0 Å². The van der Waals surface area contributed by atoms with Crippen molar-refractivity contribution in [1.29, 1.82) is 0 Å². The van der Waals surface area contributed by atoms with Crippen LogP contribution in [0.15, 0.2) is 47.5 Å². The van der Waals surface area contributed by atoms with Gasteiger partial charge < -0.3 is 9.47 Å². The minimum absolute atomic E-state index is 0.470. The molecule has 0 radical (unpaired) electrons. The van der Waals surface area contributed by atoms with Crippen LogP contribution in [0.2, 0.25) is 0 Å². The maximum Gasteiger partial charge on any atom is 0.157 e. The summed E-state index contributed by atoms with van der Waals surface area (Å²) >= 11 is 0. The molecule has 0 aromatic carbocycles. The van der Waals surface area contributed by atoms with Crippen LogP contribution >= 0.6 is 0 Å². The molecule has 2 heteroatoms. The Kier molecular flexibility index (Phi) is 2.35. The van der Waals surface area contributed by atoms with Gasteiger partial charge in [0.1, 0.15) is 5.76 Å². The van der Waals surface area contributed by atoms with Gasteiger partial charge in [0.2, 0.25) is 0 Å². The Morgan fingerprint density at radius 2 is 2.06 bits per heavy atom. The zero-order chi connectivity index (χ0) is 11.0. The second-order valence-corrected chi connectivity index (χ2v) is 4.71. The minimum atomic E-state index is 0.470. The van der Waals surface area contributed by atoms with Crippen LogP contribution in [0.4, 0.5) is 0 Å². The molecule has 1 heterocycles. The molecule has 84 valence electrons. The Balaban J connectivity index is 1.90. The van der Waals surface area contributed by atoms with Gasteiger partial charge in [-0.2, -0.15) is 0 Å². The summed E-state index contributed by atoms with van der Waals surface area (Å²) in [5, 5.41) is 0. The first-order valence-electron chi connectivity index (χ1n) is 5.88. The first-order chi connectivity index (χ1) is 7.83. The van der Waals surface area contributed by atoms with E-state index in [-0.39, 0.29) is 0 Å². The minimum Gasteiger partial charge on any atom is -0.494 e. The van der Waals surface area contributed by atoms with Crippen LogP contribution in [0.5, 0.6) is 0 Å². The summed E-state index contributed by atoms with van der Waals surface area (Å²) in [6.45, 7) is 3.68. The third kappa shape index (κ3) is 1.69. The molecule has 2 atom stereocenters. The van der Waals surface area contributed by atoms with Crippen molar-refractivity contribution in [2.24, 2.45) is 11.8 Å². The molecule has 0 amide bonds. The van der Waals surface area contributed by atoms with Gasteiger partial charge in [0, 0.05) is 18.3 Å². The summed E-state index contributed by atoms with van der Waals surface area (Å²) in [5.41, 5.74) is 1.33. The van der Waals surface area contributed by atoms with Crippen molar-refractivity contribution < 1.29 is 9.47 Å². The third-order valence-corrected chi connectivity index (χ3v) is 3.21. The quantitative estimate of drug-likeness (QED) is 0.619. The molecule has 3 rings (SSSR count). The maximum atomic E-state index is 5.82. The van der Waals surface area contributed by atoms with Crippen LogP contribution in [0.1, 0.15) is 13.3 Å². The van der Waals surface area contributed by atoms with E-state index in [4.69, 9.17) is 9.47 Å². The van der Waals surface area contributed by atoms with Crippen LogP contribution in [-0.4, -0.2) is 13.2 Å². The van der Waals surface area contributed by atoms with E-state index in [1.54, 1.807) is 0 Å². The lowest BCUT2D eigenvalue weighted by Gasteiger charge is -2.24. The fraction of sp³-hybridized carbons (Fsp3) is 0.429. The Morgan fingerprint density at radius 1 is 1.19 bits per heavy atom. The molecule has 0 saturated carbocycles. The number of rotatable bonds is 0. The molecule has 2 nitrogen and oxygen atoms in total. The van der Waals surface area contributed by atoms with Crippen molar-refractivity contribution in [3.63, 3.8) is 0 Å². The number of allylic oxidation sites excluding steroid dienone is 7. The first kappa shape index (κ1) is 9.76. The largest absolute Gasteiger partial charge is 0.494 e. The van der Waals surface area contributed by atoms with Gasteiger partial charge in [-0.25, -0.2) is 0 Å². The lowest BCUT2D eigenvalue weighted by atomic mass is 9.87. The molecule has 0 saturated heterocycles. The Labute approximate surface area is 95.9 Å². The van der Waals surface area contributed by atoms with E-state index in [9.17, 15) is 0 Å². The number of hydrogen-bond donors (Lipinski definition) is 0. The summed E-state index contributed by atoms with van der Waals surface area (Å²) in [4.78, 5) is 0. The second kappa shape index (κ2) is 3.85. The fourth-order valence-corrected chi connectivity index (χ4v) is 2.25. The average molecular weight is 216 g/mol. The summed E-state index contributed by atoms with van der Waals surface area (Å²) in [5.74, 6) is 2.91. The Bertz CT molecular complexity index is 412. The highest BCUT2D eigenvalue weighted by Gasteiger charge is 2.26. The standard InChI is InChI=1S/C14H16O2/c1-10-8-15-13-6-11-4-2-3-5-12(11)7-14(13)16-9-10/h2-6,10,12H,7-9H2,1H3. The van der Waals surface area contributed by atoms with Gasteiger partial charge in [-0.05, 0) is 11.6 Å². The van der Waals surface area contributed by atoms with Crippen molar-refractivity contribution in [3.8, 4) is 0 Å². The molecule has 2 unspecified atom stereocenters. The SMILES string of the molecule is CC1COC2=C(CC3C=CC=CC3=C2)OC1. The topological polar surface area (TPSA) is 18.5 Å². The molecular formula is C14H16O2. The van der Waals surface area contributed by atoms with E-state index in [2.05, 4.69) is 37.3 Å². The molecular weight excluding hydrogens is 200 g/mol. The van der Waals surface area contributed by atoms with E-state index < -0.39 is 0 Å². The highest BCUT2D eigenvalue weighted by Crippen LogP contribution is 2.35. The zero-order valence-corrected chi connectivity index (χ0v) is 9.48. The molecule has 2 aliphatic carbocycles. The second-order valence-electron chi connectivity index (χ2n) is 4.71. The van der Waals surface area contributed by atoms with Crippen molar-refractivity contribution in [3.05, 3.63) is 47.5 Å². The summed E-state index contributed by atoms with van der Waals surface area (Å²) in [7, 11) is 0. The smallest absolute Gasteiger partial charge is 0.157 e. The maximum absolute atomic E-state index is 5.82. The highest BCUT2D eigenvalue weighted by molar-refractivity contribution is 5.41. The monoisotopic (exact) mass is 216 g/mol. The van der Waals surface area contributed by atoms with E-state index in [1.807, 2.05) is 0 Å². The highest BCUT2D eigenvalue weighted by atomic mass is 16.5. The van der Waals surface area contributed by atoms with Gasteiger partial charge in [-0.1, -0.05) is 31.2 Å². The normalized spacial score (nSPS) is 31.9. The van der Waals surface area contributed by atoms with Crippen LogP contribution in [0.3, 0.4) is 0 Å². The van der Waals surface area contributed by atoms with E-state index >= 15 is 0 Å². The van der Waals surface area contributed by atoms with Crippen molar-refractivity contribution in [2.45, 2.75) is 13.3 Å². The number of fused-ring (bicyclic) bond motifs is 1. The molecule has 0 N–H and O–H groups in total. The summed E-state index contributed by atoms with van der Waals surface area (Å²) in [6.07, 6.45) is 11.6. The van der Waals surface area contributed by atoms with Crippen LogP contribution in [-0.2, 0) is 9.47 Å². The molecule has 0 fully saturated rings. The predicted octanol–water partition coefficient (Wildman–Crippen LogP) is 2.95. The predicted molar refractivity (Wildman–Crippen MR) is 62.6 cm³/mol. The van der Waals surface area contributed by atoms with Crippen LogP contribution in [0, 0.1) is 11.8 Å². The summed E-state index contributed by atoms with van der Waals surface area (Å²) in [6, 6.07) is 0.